The first-order chi connectivity index (χ1) is 13.7. The molecule has 0 aliphatic carbocycles. The second kappa shape index (κ2) is 12.1. The predicted octanol–water partition coefficient (Wildman–Crippen LogP) is 4.75. The third-order valence-corrected chi connectivity index (χ3v) is 5.43. The van der Waals surface area contributed by atoms with Crippen LogP contribution in [0, 0.1) is 0 Å². The monoisotopic (exact) mass is 508 g/mol. The second-order valence-corrected chi connectivity index (χ2v) is 7.50. The molecule has 1 heterocycles. The van der Waals surface area contributed by atoms with Crippen LogP contribution in [0.25, 0.3) is 0 Å². The molecule has 1 saturated heterocycles. The Balaban J connectivity index is 0.00000300. The molecule has 6 heteroatoms. The average molecular weight is 508 g/mol. The molecule has 5 nitrogen and oxygen atoms in total. The molecular weight excluding hydrogens is 475 g/mol. The van der Waals surface area contributed by atoms with Gasteiger partial charge in [0.05, 0.1) is 13.2 Å². The van der Waals surface area contributed by atoms with Gasteiger partial charge in [-0.15, -0.1) is 24.0 Å². The number of guanidine groups is 1. The zero-order valence-corrected chi connectivity index (χ0v) is 19.8. The van der Waals surface area contributed by atoms with Crippen molar-refractivity contribution in [1.29, 1.82) is 0 Å². The highest BCUT2D eigenvalue weighted by Gasteiger charge is 2.19. The Labute approximate surface area is 191 Å². The Kier molecular flexibility index (Phi) is 9.90. The lowest BCUT2D eigenvalue weighted by molar-refractivity contribution is 0.152. The van der Waals surface area contributed by atoms with Gasteiger partial charge in [-0.05, 0) is 43.5 Å². The van der Waals surface area contributed by atoms with Crippen LogP contribution in [0.2, 0.25) is 0 Å². The number of nitrogens with one attached hydrogen (secondary N) is 1. The fourth-order valence-electron chi connectivity index (χ4n) is 3.75. The summed E-state index contributed by atoms with van der Waals surface area (Å²) in [6, 6.07) is 17.2. The maximum atomic E-state index is 6.16. The highest BCUT2D eigenvalue weighted by molar-refractivity contribution is 14.0. The number of halogens is 1. The molecule has 1 fully saturated rings. The number of benzene rings is 2. The number of nitrogens with two attached hydrogens (primary N) is 1. The summed E-state index contributed by atoms with van der Waals surface area (Å²) in [5.74, 6) is 0.421. The Morgan fingerprint density at radius 3 is 2.52 bits per heavy atom. The Hall–Kier alpha value is -1.64. The van der Waals surface area contributed by atoms with E-state index in [-0.39, 0.29) is 24.0 Å². The first-order valence-electron chi connectivity index (χ1n) is 10.1. The molecule has 3 rings (SSSR count). The number of para-hydroxylation sites is 1. The van der Waals surface area contributed by atoms with Crippen LogP contribution in [-0.4, -0.2) is 30.6 Å². The summed E-state index contributed by atoms with van der Waals surface area (Å²) in [6.45, 7) is 5.60. The van der Waals surface area contributed by atoms with Crippen LogP contribution in [0.5, 0.6) is 0 Å². The fourth-order valence-corrected chi connectivity index (χ4v) is 3.75. The van der Waals surface area contributed by atoms with Crippen molar-refractivity contribution in [2.75, 3.05) is 19.0 Å². The SMILES string of the molecule is COCc1ccccc1NC(N)=NCc1ccccc1CN1CCCCC1C.I. The van der Waals surface area contributed by atoms with E-state index in [1.807, 2.05) is 24.3 Å². The van der Waals surface area contributed by atoms with E-state index in [0.29, 0.717) is 25.2 Å². The molecule has 2 aromatic rings. The number of ether oxygens (including phenoxy) is 1. The molecule has 158 valence electrons. The van der Waals surface area contributed by atoms with Gasteiger partial charge in [-0.3, -0.25) is 4.90 Å². The van der Waals surface area contributed by atoms with Crippen molar-refractivity contribution in [1.82, 2.24) is 4.90 Å². The molecule has 1 aliphatic rings. The lowest BCUT2D eigenvalue weighted by Gasteiger charge is -2.33. The number of nitrogens with zero attached hydrogens (tertiary/aromatic N) is 2. The molecule has 3 N–H and O–H groups in total. The summed E-state index contributed by atoms with van der Waals surface area (Å²) in [5, 5.41) is 3.21. The van der Waals surface area contributed by atoms with Crippen LogP contribution in [-0.2, 0) is 24.4 Å². The second-order valence-electron chi connectivity index (χ2n) is 7.50. The van der Waals surface area contributed by atoms with Gasteiger partial charge in [-0.25, -0.2) is 4.99 Å². The number of anilines is 1. The van der Waals surface area contributed by atoms with Crippen molar-refractivity contribution in [3.8, 4) is 0 Å². The predicted molar refractivity (Wildman–Crippen MR) is 132 cm³/mol. The summed E-state index contributed by atoms with van der Waals surface area (Å²) in [6.07, 6.45) is 3.93. The molecule has 0 spiro atoms. The van der Waals surface area contributed by atoms with Gasteiger partial charge in [-0.2, -0.15) is 0 Å². The average Bonchev–Trinajstić information content (AvgIpc) is 2.71. The van der Waals surface area contributed by atoms with Crippen molar-refractivity contribution in [2.45, 2.75) is 51.9 Å². The number of rotatable bonds is 7. The first kappa shape index (κ1) is 23.6. The highest BCUT2D eigenvalue weighted by Crippen LogP contribution is 2.21. The van der Waals surface area contributed by atoms with Crippen LogP contribution in [0.3, 0.4) is 0 Å². The first-order valence-corrected chi connectivity index (χ1v) is 10.1. The summed E-state index contributed by atoms with van der Waals surface area (Å²) in [7, 11) is 1.69. The molecule has 29 heavy (non-hydrogen) atoms. The number of hydrogen-bond acceptors (Lipinski definition) is 3. The minimum Gasteiger partial charge on any atom is -0.380 e. The van der Waals surface area contributed by atoms with E-state index in [2.05, 4.69) is 46.4 Å². The van der Waals surface area contributed by atoms with Crippen molar-refractivity contribution in [3.63, 3.8) is 0 Å². The summed E-state index contributed by atoms with van der Waals surface area (Å²) in [4.78, 5) is 7.17. The van der Waals surface area contributed by atoms with Crippen LogP contribution in [0.1, 0.15) is 42.9 Å². The molecule has 0 bridgehead atoms. The summed E-state index contributed by atoms with van der Waals surface area (Å²) < 4.78 is 5.25. The molecular formula is C23H33IN4O. The van der Waals surface area contributed by atoms with Crippen molar-refractivity contribution in [2.24, 2.45) is 10.7 Å². The Bertz CT molecular complexity index is 796. The normalized spacial score (nSPS) is 17.6. The number of hydrogen-bond donors (Lipinski definition) is 2. The smallest absolute Gasteiger partial charge is 0.193 e. The molecule has 1 unspecified atom stereocenters. The van der Waals surface area contributed by atoms with Gasteiger partial charge in [0.1, 0.15) is 0 Å². The number of likely N-dealkylation sites (tertiary alicyclic amines) is 1. The quantitative estimate of drug-likeness (QED) is 0.322. The van der Waals surface area contributed by atoms with Crippen LogP contribution in [0.4, 0.5) is 5.69 Å². The summed E-state index contributed by atoms with van der Waals surface area (Å²) >= 11 is 0. The van der Waals surface area contributed by atoms with E-state index in [1.165, 1.54) is 36.9 Å². The molecule has 1 aliphatic heterocycles. The number of aliphatic imine (C=N–C) groups is 1. The van der Waals surface area contributed by atoms with Gasteiger partial charge in [0.2, 0.25) is 0 Å². The van der Waals surface area contributed by atoms with Crippen LogP contribution < -0.4 is 11.1 Å². The third kappa shape index (κ3) is 6.97. The Morgan fingerprint density at radius 1 is 1.10 bits per heavy atom. The largest absolute Gasteiger partial charge is 0.380 e. The van der Waals surface area contributed by atoms with Gasteiger partial charge >= 0.3 is 0 Å². The molecule has 0 radical (unpaired) electrons. The van der Waals surface area contributed by atoms with Gasteiger partial charge in [0, 0.05) is 30.9 Å². The maximum Gasteiger partial charge on any atom is 0.193 e. The van der Waals surface area contributed by atoms with Gasteiger partial charge < -0.3 is 15.8 Å². The van der Waals surface area contributed by atoms with Crippen molar-refractivity contribution in [3.05, 3.63) is 65.2 Å². The molecule has 0 saturated carbocycles. The van der Waals surface area contributed by atoms with Crippen LogP contribution >= 0.6 is 24.0 Å². The van der Waals surface area contributed by atoms with Crippen LogP contribution in [0.15, 0.2) is 53.5 Å². The molecule has 1 atom stereocenters. The van der Waals surface area contributed by atoms with Gasteiger partial charge in [0.15, 0.2) is 5.96 Å². The van der Waals surface area contributed by atoms with E-state index >= 15 is 0 Å². The van der Waals surface area contributed by atoms with Gasteiger partial charge in [0.25, 0.3) is 0 Å². The fraction of sp³-hybridized carbons (Fsp3) is 0.435. The minimum absolute atomic E-state index is 0. The van der Waals surface area contributed by atoms with Crippen molar-refractivity contribution < 1.29 is 4.74 Å². The van der Waals surface area contributed by atoms with E-state index in [0.717, 1.165) is 17.8 Å². The summed E-state index contributed by atoms with van der Waals surface area (Å²) in [5.41, 5.74) is 10.7. The third-order valence-electron chi connectivity index (χ3n) is 5.43. The zero-order chi connectivity index (χ0) is 19.8. The maximum absolute atomic E-state index is 6.16. The minimum atomic E-state index is 0. The number of piperidine rings is 1. The zero-order valence-electron chi connectivity index (χ0n) is 17.4. The van der Waals surface area contributed by atoms with E-state index in [4.69, 9.17) is 10.5 Å². The lowest BCUT2D eigenvalue weighted by atomic mass is 10.0. The van der Waals surface area contributed by atoms with E-state index in [1.54, 1.807) is 7.11 Å². The molecule has 2 aromatic carbocycles. The molecule has 0 aromatic heterocycles. The van der Waals surface area contributed by atoms with E-state index < -0.39 is 0 Å². The van der Waals surface area contributed by atoms with E-state index in [9.17, 15) is 0 Å². The topological polar surface area (TPSA) is 62.9 Å². The molecule has 0 amide bonds. The lowest BCUT2D eigenvalue weighted by Crippen LogP contribution is -2.37. The number of methoxy groups -OCH3 is 1. The standard InChI is InChI=1S/C23H32N4O.HI/c1-18-9-7-8-14-27(18)16-20-11-4-3-10-19(20)15-25-23(24)26-22-13-6-5-12-21(22)17-28-2;/h3-6,10-13,18H,7-9,14-17H2,1-2H3,(H3,24,25,26);1H. The van der Waals surface area contributed by atoms with Gasteiger partial charge in [-0.1, -0.05) is 48.9 Å². The Morgan fingerprint density at radius 2 is 1.79 bits per heavy atom. The van der Waals surface area contributed by atoms with Crippen molar-refractivity contribution >= 4 is 35.6 Å². The highest BCUT2D eigenvalue weighted by atomic mass is 127.